The van der Waals surface area contributed by atoms with Crippen molar-refractivity contribution in [2.45, 2.75) is 77.8 Å². The van der Waals surface area contributed by atoms with E-state index in [-0.39, 0.29) is 11.2 Å². The molecule has 0 saturated carbocycles. The van der Waals surface area contributed by atoms with E-state index in [1.165, 1.54) is 6.07 Å². The number of anilines is 1. The Morgan fingerprint density at radius 2 is 1.80 bits per heavy atom. The summed E-state index contributed by atoms with van der Waals surface area (Å²) < 4.78 is 34.7. The Morgan fingerprint density at radius 1 is 1.13 bits per heavy atom. The molecule has 0 bridgehead atoms. The number of nitrogens with zero attached hydrogens (tertiary/aromatic N) is 4. The Morgan fingerprint density at radius 3 is 2.43 bits per heavy atom. The summed E-state index contributed by atoms with van der Waals surface area (Å²) in [7, 11) is 1.71. The standard InChI is InChI=1S/C35H42FN5O5/c1-21(20-37)45-27-13-9-12-25(36)30(27)24-11-8-10-23(18-24)26-19-28-38-22(2)29(31(33(42)43)46-34(3,4)5)32(41(28)39-26)40-16-14-35(6,44-7)15-17-40/h8-13,18-21,31,37H,14-17H2,1-7H3,(H,42,43). The Balaban J connectivity index is 1.67. The van der Waals surface area contributed by atoms with E-state index in [1.54, 1.807) is 43.7 Å². The van der Waals surface area contributed by atoms with Crippen LogP contribution in [0.3, 0.4) is 0 Å². The van der Waals surface area contributed by atoms with Crippen LogP contribution in [0.4, 0.5) is 10.2 Å². The maximum atomic E-state index is 15.2. The second-order valence-corrected chi connectivity index (χ2v) is 13.0. The molecular formula is C35H42FN5O5. The fraction of sp³-hybridized carbons (Fsp3) is 0.429. The Kier molecular flexibility index (Phi) is 9.19. The predicted octanol–water partition coefficient (Wildman–Crippen LogP) is 6.87. The first kappa shape index (κ1) is 33.0. The van der Waals surface area contributed by atoms with Crippen LogP contribution in [-0.2, 0) is 14.3 Å². The number of nitrogens with one attached hydrogen (secondary N) is 1. The predicted molar refractivity (Wildman–Crippen MR) is 176 cm³/mol. The van der Waals surface area contributed by atoms with Crippen molar-refractivity contribution in [3.63, 3.8) is 0 Å². The van der Waals surface area contributed by atoms with E-state index in [1.807, 2.05) is 45.0 Å². The zero-order valence-corrected chi connectivity index (χ0v) is 27.4. The van der Waals surface area contributed by atoms with E-state index in [0.717, 1.165) is 19.1 Å². The quantitative estimate of drug-likeness (QED) is 0.182. The largest absolute Gasteiger partial charge is 0.484 e. The molecule has 1 aliphatic rings. The third-order valence-electron chi connectivity index (χ3n) is 8.35. The minimum Gasteiger partial charge on any atom is -0.484 e. The van der Waals surface area contributed by atoms with Crippen LogP contribution in [-0.4, -0.2) is 69.4 Å². The summed E-state index contributed by atoms with van der Waals surface area (Å²) in [6, 6.07) is 13.8. The van der Waals surface area contributed by atoms with E-state index >= 15 is 4.39 Å². The number of carboxylic acids is 1. The molecule has 2 N–H and O–H groups in total. The molecule has 0 aliphatic carbocycles. The molecule has 1 fully saturated rings. The number of benzene rings is 2. The Bertz CT molecular complexity index is 1760. The zero-order chi connectivity index (χ0) is 33.4. The maximum absolute atomic E-state index is 15.2. The number of hydrogen-bond donors (Lipinski definition) is 2. The lowest BCUT2D eigenvalue weighted by Crippen LogP contribution is -2.45. The molecule has 46 heavy (non-hydrogen) atoms. The average molecular weight is 632 g/mol. The molecule has 3 heterocycles. The molecule has 2 unspecified atom stereocenters. The van der Waals surface area contributed by atoms with Crippen molar-refractivity contribution in [2.75, 3.05) is 25.1 Å². The molecule has 2 aromatic heterocycles. The Hall–Kier alpha value is -4.35. The van der Waals surface area contributed by atoms with Crippen LogP contribution >= 0.6 is 0 Å². The van der Waals surface area contributed by atoms with Gasteiger partial charge in [-0.2, -0.15) is 9.61 Å². The molecule has 4 aromatic rings. The second-order valence-electron chi connectivity index (χ2n) is 13.0. The minimum atomic E-state index is -1.28. The van der Waals surface area contributed by atoms with Crippen LogP contribution in [0.1, 0.15) is 64.8 Å². The molecule has 5 rings (SSSR count). The number of aryl methyl sites for hydroxylation is 1. The van der Waals surface area contributed by atoms with Gasteiger partial charge in [-0.3, -0.25) is 0 Å². The lowest BCUT2D eigenvalue weighted by Gasteiger charge is -2.40. The molecule has 1 aliphatic heterocycles. The second kappa shape index (κ2) is 12.8. The van der Waals surface area contributed by atoms with Crippen LogP contribution in [0.2, 0.25) is 0 Å². The number of halogens is 1. The fourth-order valence-electron chi connectivity index (χ4n) is 5.80. The van der Waals surface area contributed by atoms with Crippen LogP contribution in [0, 0.1) is 18.2 Å². The molecule has 11 heteroatoms. The van der Waals surface area contributed by atoms with Gasteiger partial charge in [-0.15, -0.1) is 0 Å². The molecule has 10 nitrogen and oxygen atoms in total. The summed E-state index contributed by atoms with van der Waals surface area (Å²) in [4.78, 5) is 19.7. The van der Waals surface area contributed by atoms with Crippen molar-refractivity contribution in [3.8, 4) is 28.1 Å². The highest BCUT2D eigenvalue weighted by atomic mass is 19.1. The number of ether oxygens (including phenoxy) is 3. The minimum absolute atomic E-state index is 0.284. The van der Waals surface area contributed by atoms with Gasteiger partial charge in [0, 0.05) is 43.7 Å². The summed E-state index contributed by atoms with van der Waals surface area (Å²) in [5, 5.41) is 22.9. The molecule has 1 saturated heterocycles. The van der Waals surface area contributed by atoms with Crippen molar-refractivity contribution < 1.29 is 28.5 Å². The zero-order valence-electron chi connectivity index (χ0n) is 27.4. The van der Waals surface area contributed by atoms with Crippen molar-refractivity contribution in [1.82, 2.24) is 14.6 Å². The monoisotopic (exact) mass is 631 g/mol. The van der Waals surface area contributed by atoms with E-state index < -0.39 is 29.6 Å². The summed E-state index contributed by atoms with van der Waals surface area (Å²) in [6.07, 6.45) is 0.828. The van der Waals surface area contributed by atoms with Gasteiger partial charge in [-0.25, -0.2) is 14.2 Å². The maximum Gasteiger partial charge on any atom is 0.337 e. The third-order valence-corrected chi connectivity index (χ3v) is 8.35. The van der Waals surface area contributed by atoms with Crippen LogP contribution in [0.5, 0.6) is 5.75 Å². The molecule has 0 spiro atoms. The summed E-state index contributed by atoms with van der Waals surface area (Å²) in [5.74, 6) is -0.610. The summed E-state index contributed by atoms with van der Waals surface area (Å²) >= 11 is 0. The van der Waals surface area contributed by atoms with Gasteiger partial charge in [0.2, 0.25) is 0 Å². The van der Waals surface area contributed by atoms with Gasteiger partial charge < -0.3 is 29.6 Å². The van der Waals surface area contributed by atoms with E-state index in [9.17, 15) is 9.90 Å². The number of rotatable bonds is 10. The van der Waals surface area contributed by atoms with Gasteiger partial charge in [0.25, 0.3) is 0 Å². The van der Waals surface area contributed by atoms with Gasteiger partial charge in [0.05, 0.1) is 28.0 Å². The molecule has 2 aromatic carbocycles. The Labute approximate surface area is 268 Å². The molecule has 0 amide bonds. The summed E-state index contributed by atoms with van der Waals surface area (Å²) in [6.45, 7) is 12.3. The fourth-order valence-corrected chi connectivity index (χ4v) is 5.80. The highest BCUT2D eigenvalue weighted by Crippen LogP contribution is 2.39. The number of carbonyl (C=O) groups is 1. The molecular weight excluding hydrogens is 589 g/mol. The first-order valence-electron chi connectivity index (χ1n) is 15.4. The van der Waals surface area contributed by atoms with E-state index in [2.05, 4.69) is 11.8 Å². The van der Waals surface area contributed by atoms with Gasteiger partial charge in [-0.1, -0.05) is 24.3 Å². The van der Waals surface area contributed by atoms with Crippen molar-refractivity contribution >= 4 is 23.6 Å². The van der Waals surface area contributed by atoms with Crippen LogP contribution in [0.15, 0.2) is 48.5 Å². The number of aromatic nitrogens is 3. The first-order valence-corrected chi connectivity index (χ1v) is 15.4. The van der Waals surface area contributed by atoms with Crippen molar-refractivity contribution in [1.29, 1.82) is 5.41 Å². The van der Waals surface area contributed by atoms with E-state index in [4.69, 9.17) is 29.7 Å². The highest BCUT2D eigenvalue weighted by molar-refractivity contribution is 5.80. The van der Waals surface area contributed by atoms with Gasteiger partial charge in [0.15, 0.2) is 11.8 Å². The van der Waals surface area contributed by atoms with Gasteiger partial charge >= 0.3 is 5.97 Å². The lowest BCUT2D eigenvalue weighted by molar-refractivity contribution is -0.160. The smallest absolute Gasteiger partial charge is 0.337 e. The molecule has 244 valence electrons. The lowest BCUT2D eigenvalue weighted by atomic mass is 9.93. The highest BCUT2D eigenvalue weighted by Gasteiger charge is 2.37. The summed E-state index contributed by atoms with van der Waals surface area (Å²) in [5.41, 5.74) is 2.69. The molecule has 0 radical (unpaired) electrons. The number of hydrogen-bond acceptors (Lipinski definition) is 8. The van der Waals surface area contributed by atoms with Crippen LogP contribution in [0.25, 0.3) is 28.0 Å². The first-order chi connectivity index (χ1) is 21.7. The molecule has 2 atom stereocenters. The van der Waals surface area contributed by atoms with Crippen molar-refractivity contribution in [2.24, 2.45) is 0 Å². The number of piperidine rings is 1. The van der Waals surface area contributed by atoms with Crippen LogP contribution < -0.4 is 9.64 Å². The third kappa shape index (κ3) is 6.75. The normalized spacial score (nSPS) is 16.3. The van der Waals surface area contributed by atoms with Crippen molar-refractivity contribution in [3.05, 3.63) is 65.6 Å². The topological polar surface area (TPSA) is 122 Å². The SMILES string of the molecule is COC1(C)CCN(c2c(C(OC(C)(C)C)C(=O)O)c(C)nc3cc(-c4cccc(-c5c(F)cccc5OC(C)C=N)c4)nn23)CC1. The number of methoxy groups -OCH3 is 1. The van der Waals surface area contributed by atoms with Gasteiger partial charge in [-0.05, 0) is 78.1 Å². The average Bonchev–Trinajstić information content (AvgIpc) is 3.43. The number of carboxylic acid groups (broad SMARTS) is 1. The number of aliphatic carboxylic acids is 1. The number of fused-ring (bicyclic) bond motifs is 1. The van der Waals surface area contributed by atoms with E-state index in [0.29, 0.717) is 58.4 Å². The van der Waals surface area contributed by atoms with Gasteiger partial charge in [0.1, 0.15) is 23.5 Å².